The van der Waals surface area contributed by atoms with Gasteiger partial charge in [-0.15, -0.1) is 0 Å². The molecule has 0 spiro atoms. The lowest BCUT2D eigenvalue weighted by atomic mass is 10.0. The molecule has 0 N–H and O–H groups in total. The summed E-state index contributed by atoms with van der Waals surface area (Å²) in [4.78, 5) is 11.4. The van der Waals surface area contributed by atoms with Crippen LogP contribution in [-0.2, 0) is 4.74 Å². The lowest BCUT2D eigenvalue weighted by Crippen LogP contribution is -2.00. The number of thiophene rings is 1. The lowest BCUT2D eigenvalue weighted by Gasteiger charge is -2.03. The zero-order valence-electron chi connectivity index (χ0n) is 9.19. The molecule has 0 unspecified atom stereocenters. The van der Waals surface area contributed by atoms with E-state index >= 15 is 0 Å². The maximum atomic E-state index is 11.4. The standard InChI is InChI=1S/C13H12O2S/c1-9-7-16-8-12(9)10-4-3-5-11(6-10)13(14)15-2/h3-8H,1-2H3. The number of rotatable bonds is 2. The molecule has 0 saturated heterocycles. The first-order valence-corrected chi connectivity index (χ1v) is 5.88. The van der Waals surface area contributed by atoms with E-state index in [1.54, 1.807) is 17.4 Å². The molecule has 0 atom stereocenters. The number of carbonyl (C=O) groups is 1. The summed E-state index contributed by atoms with van der Waals surface area (Å²) in [6.07, 6.45) is 0. The Kier molecular flexibility index (Phi) is 3.06. The molecule has 2 nitrogen and oxygen atoms in total. The minimum absolute atomic E-state index is 0.297. The first-order chi connectivity index (χ1) is 7.72. The van der Waals surface area contributed by atoms with Crippen LogP contribution in [0, 0.1) is 6.92 Å². The molecular formula is C13H12O2S. The first kappa shape index (κ1) is 10.9. The van der Waals surface area contributed by atoms with Gasteiger partial charge in [0.25, 0.3) is 0 Å². The molecule has 2 rings (SSSR count). The Labute approximate surface area is 98.5 Å². The average Bonchev–Trinajstić information content (AvgIpc) is 2.74. The van der Waals surface area contributed by atoms with E-state index in [1.165, 1.54) is 18.2 Å². The van der Waals surface area contributed by atoms with Gasteiger partial charge in [0.2, 0.25) is 0 Å². The molecule has 0 aliphatic heterocycles. The van der Waals surface area contributed by atoms with E-state index in [2.05, 4.69) is 17.7 Å². The molecule has 0 saturated carbocycles. The maximum absolute atomic E-state index is 11.4. The fraction of sp³-hybridized carbons (Fsp3) is 0.154. The fourth-order valence-corrected chi connectivity index (χ4v) is 2.45. The number of methoxy groups -OCH3 is 1. The summed E-state index contributed by atoms with van der Waals surface area (Å²) in [6.45, 7) is 2.07. The Morgan fingerprint density at radius 1 is 1.31 bits per heavy atom. The van der Waals surface area contributed by atoms with Crippen LogP contribution >= 0.6 is 11.3 Å². The van der Waals surface area contributed by atoms with Gasteiger partial charge in [0.1, 0.15) is 0 Å². The molecular weight excluding hydrogens is 220 g/mol. The highest BCUT2D eigenvalue weighted by Crippen LogP contribution is 2.27. The van der Waals surface area contributed by atoms with Crippen molar-refractivity contribution in [1.82, 2.24) is 0 Å². The second kappa shape index (κ2) is 4.49. The number of hydrogen-bond donors (Lipinski definition) is 0. The molecule has 16 heavy (non-hydrogen) atoms. The van der Waals surface area contributed by atoms with Gasteiger partial charge in [0.15, 0.2) is 0 Å². The Bertz CT molecular complexity index is 514. The van der Waals surface area contributed by atoms with Gasteiger partial charge in [0, 0.05) is 0 Å². The van der Waals surface area contributed by atoms with Crippen LogP contribution in [0.4, 0.5) is 0 Å². The maximum Gasteiger partial charge on any atom is 0.337 e. The van der Waals surface area contributed by atoms with Crippen molar-refractivity contribution in [3.05, 3.63) is 46.2 Å². The van der Waals surface area contributed by atoms with E-state index in [1.807, 2.05) is 18.2 Å². The minimum Gasteiger partial charge on any atom is -0.465 e. The molecule has 2 aromatic rings. The van der Waals surface area contributed by atoms with Crippen molar-refractivity contribution in [2.75, 3.05) is 7.11 Å². The van der Waals surface area contributed by atoms with Gasteiger partial charge in [-0.1, -0.05) is 12.1 Å². The lowest BCUT2D eigenvalue weighted by molar-refractivity contribution is 0.0601. The normalized spacial score (nSPS) is 10.1. The number of carbonyl (C=O) groups excluding carboxylic acids is 1. The topological polar surface area (TPSA) is 26.3 Å². The minimum atomic E-state index is -0.297. The number of esters is 1. The zero-order valence-corrected chi connectivity index (χ0v) is 10.0. The smallest absolute Gasteiger partial charge is 0.337 e. The summed E-state index contributed by atoms with van der Waals surface area (Å²) < 4.78 is 4.70. The number of ether oxygens (including phenoxy) is 1. The number of hydrogen-bond acceptors (Lipinski definition) is 3. The van der Waals surface area contributed by atoms with Crippen LogP contribution in [0.1, 0.15) is 15.9 Å². The first-order valence-electron chi connectivity index (χ1n) is 4.94. The van der Waals surface area contributed by atoms with Gasteiger partial charge in [-0.2, -0.15) is 11.3 Å². The van der Waals surface area contributed by atoms with Gasteiger partial charge < -0.3 is 4.74 Å². The third-order valence-corrected chi connectivity index (χ3v) is 3.31. The van der Waals surface area contributed by atoms with Gasteiger partial charge in [-0.3, -0.25) is 0 Å². The molecule has 3 heteroatoms. The second-order valence-electron chi connectivity index (χ2n) is 3.54. The van der Waals surface area contributed by atoms with Crippen molar-refractivity contribution in [1.29, 1.82) is 0 Å². The summed E-state index contributed by atoms with van der Waals surface area (Å²) in [7, 11) is 1.39. The van der Waals surface area contributed by atoms with Crippen LogP contribution in [0.3, 0.4) is 0 Å². The van der Waals surface area contributed by atoms with E-state index in [9.17, 15) is 4.79 Å². The molecule has 0 amide bonds. The molecule has 0 fully saturated rings. The summed E-state index contributed by atoms with van der Waals surface area (Å²) in [5, 5.41) is 4.19. The van der Waals surface area contributed by atoms with E-state index < -0.39 is 0 Å². The summed E-state index contributed by atoms with van der Waals surface area (Å²) in [5.41, 5.74) is 4.05. The fourth-order valence-electron chi connectivity index (χ4n) is 1.59. The summed E-state index contributed by atoms with van der Waals surface area (Å²) in [5.74, 6) is -0.297. The third-order valence-electron chi connectivity index (χ3n) is 2.45. The van der Waals surface area contributed by atoms with Gasteiger partial charge in [-0.05, 0) is 46.5 Å². The van der Waals surface area contributed by atoms with Gasteiger partial charge >= 0.3 is 5.97 Å². The monoisotopic (exact) mass is 232 g/mol. The van der Waals surface area contributed by atoms with Crippen LogP contribution in [0.2, 0.25) is 0 Å². The molecule has 0 aliphatic rings. The summed E-state index contributed by atoms with van der Waals surface area (Å²) in [6, 6.07) is 7.50. The van der Waals surface area contributed by atoms with Crippen molar-refractivity contribution in [2.45, 2.75) is 6.92 Å². The van der Waals surface area contributed by atoms with Gasteiger partial charge in [0.05, 0.1) is 12.7 Å². The van der Waals surface area contributed by atoms with Gasteiger partial charge in [-0.25, -0.2) is 4.79 Å². The van der Waals surface area contributed by atoms with Crippen molar-refractivity contribution in [3.8, 4) is 11.1 Å². The Morgan fingerprint density at radius 3 is 2.75 bits per heavy atom. The van der Waals surface area contributed by atoms with Crippen LogP contribution in [-0.4, -0.2) is 13.1 Å². The van der Waals surface area contributed by atoms with Crippen LogP contribution in [0.5, 0.6) is 0 Å². The van der Waals surface area contributed by atoms with E-state index in [0.717, 1.165) is 5.56 Å². The molecule has 0 aliphatic carbocycles. The van der Waals surface area contributed by atoms with Crippen molar-refractivity contribution >= 4 is 17.3 Å². The molecule has 0 bridgehead atoms. The molecule has 1 aromatic carbocycles. The van der Waals surface area contributed by atoms with Crippen molar-refractivity contribution < 1.29 is 9.53 Å². The molecule has 0 radical (unpaired) electrons. The molecule has 82 valence electrons. The van der Waals surface area contributed by atoms with Crippen LogP contribution in [0.25, 0.3) is 11.1 Å². The number of benzene rings is 1. The molecule has 1 heterocycles. The Hall–Kier alpha value is -1.61. The van der Waals surface area contributed by atoms with E-state index in [-0.39, 0.29) is 5.97 Å². The quantitative estimate of drug-likeness (QED) is 0.741. The Balaban J connectivity index is 2.44. The number of aryl methyl sites for hydroxylation is 1. The highest BCUT2D eigenvalue weighted by atomic mass is 32.1. The van der Waals surface area contributed by atoms with E-state index in [0.29, 0.717) is 5.56 Å². The third kappa shape index (κ3) is 1.99. The van der Waals surface area contributed by atoms with Crippen molar-refractivity contribution in [3.63, 3.8) is 0 Å². The SMILES string of the molecule is COC(=O)c1cccc(-c2cscc2C)c1. The highest BCUT2D eigenvalue weighted by Gasteiger charge is 2.08. The predicted molar refractivity (Wildman–Crippen MR) is 65.8 cm³/mol. The molecule has 1 aromatic heterocycles. The Morgan fingerprint density at radius 2 is 2.12 bits per heavy atom. The highest BCUT2D eigenvalue weighted by molar-refractivity contribution is 7.08. The summed E-state index contributed by atoms with van der Waals surface area (Å²) >= 11 is 1.66. The largest absolute Gasteiger partial charge is 0.465 e. The van der Waals surface area contributed by atoms with Crippen LogP contribution in [0.15, 0.2) is 35.0 Å². The van der Waals surface area contributed by atoms with Crippen LogP contribution < -0.4 is 0 Å². The predicted octanol–water partition coefficient (Wildman–Crippen LogP) is 3.51. The average molecular weight is 232 g/mol. The van der Waals surface area contributed by atoms with E-state index in [4.69, 9.17) is 4.74 Å². The van der Waals surface area contributed by atoms with Crippen molar-refractivity contribution in [2.24, 2.45) is 0 Å². The zero-order chi connectivity index (χ0) is 11.5. The second-order valence-corrected chi connectivity index (χ2v) is 4.28.